The van der Waals surface area contributed by atoms with Gasteiger partial charge in [-0.05, 0) is 36.6 Å². The van der Waals surface area contributed by atoms with Gasteiger partial charge < -0.3 is 10.0 Å². The van der Waals surface area contributed by atoms with Crippen molar-refractivity contribution in [2.45, 2.75) is 24.9 Å². The van der Waals surface area contributed by atoms with Gasteiger partial charge in [0.2, 0.25) is 0 Å². The number of ketones is 2. The SMILES string of the molecule is CN1C(=O)[C@@](O)(CC(=O)[C@@H]2CCc3ccccc3C2=O)c2cc(Cl)ccc21. The number of rotatable bonds is 3. The van der Waals surface area contributed by atoms with Gasteiger partial charge in [0.25, 0.3) is 5.91 Å². The largest absolute Gasteiger partial charge is 0.375 e. The number of amides is 1. The summed E-state index contributed by atoms with van der Waals surface area (Å²) >= 11 is 6.03. The number of anilines is 1. The maximum Gasteiger partial charge on any atom is 0.263 e. The highest BCUT2D eigenvalue weighted by atomic mass is 35.5. The van der Waals surface area contributed by atoms with E-state index < -0.39 is 29.6 Å². The number of likely N-dealkylation sites (N-methyl/N-ethyl adjacent to an activating group) is 1. The molecule has 0 spiro atoms. The van der Waals surface area contributed by atoms with Crippen LogP contribution in [0.1, 0.15) is 34.3 Å². The van der Waals surface area contributed by atoms with Crippen LogP contribution in [0.2, 0.25) is 5.02 Å². The van der Waals surface area contributed by atoms with Crippen molar-refractivity contribution in [1.29, 1.82) is 0 Å². The van der Waals surface area contributed by atoms with E-state index in [-0.39, 0.29) is 5.78 Å². The van der Waals surface area contributed by atoms with E-state index in [0.29, 0.717) is 34.7 Å². The Morgan fingerprint density at radius 1 is 1.26 bits per heavy atom. The molecule has 27 heavy (non-hydrogen) atoms. The molecule has 0 fully saturated rings. The zero-order valence-corrected chi connectivity index (χ0v) is 15.5. The molecule has 1 N–H and O–H groups in total. The molecule has 6 heteroatoms. The van der Waals surface area contributed by atoms with Crippen LogP contribution >= 0.6 is 11.6 Å². The molecule has 2 aromatic rings. The fourth-order valence-corrected chi connectivity index (χ4v) is 4.26. The van der Waals surface area contributed by atoms with Crippen molar-refractivity contribution in [3.63, 3.8) is 0 Å². The quantitative estimate of drug-likeness (QED) is 0.827. The molecule has 2 atom stereocenters. The molecule has 5 nitrogen and oxygen atoms in total. The highest BCUT2D eigenvalue weighted by Gasteiger charge is 2.51. The molecule has 2 aliphatic rings. The van der Waals surface area contributed by atoms with Gasteiger partial charge in [-0.2, -0.15) is 0 Å². The molecule has 0 unspecified atom stereocenters. The second-order valence-corrected chi connectivity index (χ2v) is 7.58. The van der Waals surface area contributed by atoms with E-state index >= 15 is 0 Å². The predicted octanol–water partition coefficient (Wildman–Crippen LogP) is 2.91. The number of aryl methyl sites for hydroxylation is 1. The third kappa shape index (κ3) is 2.69. The smallest absolute Gasteiger partial charge is 0.263 e. The highest BCUT2D eigenvalue weighted by Crippen LogP contribution is 2.43. The summed E-state index contributed by atoms with van der Waals surface area (Å²) in [6.07, 6.45) is 0.562. The summed E-state index contributed by atoms with van der Waals surface area (Å²) in [6.45, 7) is 0. The first-order chi connectivity index (χ1) is 12.8. The number of nitrogens with zero attached hydrogens (tertiary/aromatic N) is 1. The Kier molecular flexibility index (Phi) is 4.17. The monoisotopic (exact) mass is 383 g/mol. The number of halogens is 1. The Labute approximate surface area is 161 Å². The highest BCUT2D eigenvalue weighted by molar-refractivity contribution is 6.31. The fraction of sp³-hybridized carbons (Fsp3) is 0.286. The summed E-state index contributed by atoms with van der Waals surface area (Å²) in [5.74, 6) is -2.09. The van der Waals surface area contributed by atoms with Crippen molar-refractivity contribution < 1.29 is 19.5 Å². The van der Waals surface area contributed by atoms with Crippen LogP contribution in [0.4, 0.5) is 5.69 Å². The van der Waals surface area contributed by atoms with E-state index in [4.69, 9.17) is 11.6 Å². The molecule has 0 bridgehead atoms. The van der Waals surface area contributed by atoms with Crippen LogP contribution in [0.3, 0.4) is 0 Å². The van der Waals surface area contributed by atoms with E-state index in [0.717, 1.165) is 5.56 Å². The van der Waals surface area contributed by atoms with Crippen molar-refractivity contribution in [2.75, 3.05) is 11.9 Å². The predicted molar refractivity (Wildman–Crippen MR) is 101 cm³/mol. The average molecular weight is 384 g/mol. The van der Waals surface area contributed by atoms with Gasteiger partial charge in [0.1, 0.15) is 5.78 Å². The minimum absolute atomic E-state index is 0.240. The molecule has 0 saturated carbocycles. The first-order valence-electron chi connectivity index (χ1n) is 8.78. The molecule has 1 amide bonds. The molecule has 0 saturated heterocycles. The summed E-state index contributed by atoms with van der Waals surface area (Å²) in [7, 11) is 1.54. The summed E-state index contributed by atoms with van der Waals surface area (Å²) < 4.78 is 0. The molecular formula is C21H18ClNO4. The zero-order chi connectivity index (χ0) is 19.3. The van der Waals surface area contributed by atoms with Crippen molar-refractivity contribution in [3.8, 4) is 0 Å². The normalized spacial score (nSPS) is 24.0. The maximum absolute atomic E-state index is 12.9. The average Bonchev–Trinajstić information content (AvgIpc) is 2.83. The Hall–Kier alpha value is -2.50. The number of fused-ring (bicyclic) bond motifs is 2. The van der Waals surface area contributed by atoms with Gasteiger partial charge in [-0.15, -0.1) is 0 Å². The number of hydrogen-bond donors (Lipinski definition) is 1. The van der Waals surface area contributed by atoms with Crippen molar-refractivity contribution in [3.05, 3.63) is 64.2 Å². The minimum Gasteiger partial charge on any atom is -0.375 e. The molecule has 1 heterocycles. The van der Waals surface area contributed by atoms with Gasteiger partial charge in [0, 0.05) is 29.6 Å². The number of carbonyl (C=O) groups excluding carboxylic acids is 3. The van der Waals surface area contributed by atoms with E-state index in [1.807, 2.05) is 12.1 Å². The lowest BCUT2D eigenvalue weighted by Gasteiger charge is -2.26. The summed E-state index contributed by atoms with van der Waals surface area (Å²) in [5, 5.41) is 11.5. The van der Waals surface area contributed by atoms with Gasteiger partial charge in [0.05, 0.1) is 11.6 Å². The van der Waals surface area contributed by atoms with Gasteiger partial charge in [0.15, 0.2) is 11.4 Å². The van der Waals surface area contributed by atoms with Gasteiger partial charge >= 0.3 is 0 Å². The van der Waals surface area contributed by atoms with Gasteiger partial charge in [-0.1, -0.05) is 35.9 Å². The lowest BCUT2D eigenvalue weighted by molar-refractivity contribution is -0.142. The van der Waals surface area contributed by atoms with Crippen molar-refractivity contribution >= 4 is 34.8 Å². The lowest BCUT2D eigenvalue weighted by atomic mass is 9.77. The molecule has 0 aromatic heterocycles. The van der Waals surface area contributed by atoms with E-state index in [1.54, 1.807) is 31.3 Å². The molecule has 0 radical (unpaired) electrons. The number of benzene rings is 2. The minimum atomic E-state index is -2.00. The third-order valence-electron chi connectivity index (χ3n) is 5.54. The second-order valence-electron chi connectivity index (χ2n) is 7.14. The zero-order valence-electron chi connectivity index (χ0n) is 14.7. The summed E-state index contributed by atoms with van der Waals surface area (Å²) in [6, 6.07) is 12.0. The van der Waals surface area contributed by atoms with Gasteiger partial charge in [-0.25, -0.2) is 0 Å². The summed E-state index contributed by atoms with van der Waals surface area (Å²) in [5.41, 5.74) is 0.300. The first kappa shape index (κ1) is 17.9. The molecule has 2 aromatic carbocycles. The third-order valence-corrected chi connectivity index (χ3v) is 5.78. The van der Waals surface area contributed by atoms with Crippen molar-refractivity contribution in [2.24, 2.45) is 5.92 Å². The van der Waals surface area contributed by atoms with Crippen molar-refractivity contribution in [1.82, 2.24) is 0 Å². The summed E-state index contributed by atoms with van der Waals surface area (Å²) in [4.78, 5) is 39.7. The molecule has 4 rings (SSSR count). The first-order valence-corrected chi connectivity index (χ1v) is 9.16. The Morgan fingerprint density at radius 2 is 2.00 bits per heavy atom. The molecule has 1 aliphatic carbocycles. The Balaban J connectivity index is 1.65. The standard InChI is InChI=1S/C21H18ClNO4/c1-23-17-9-7-13(22)10-16(17)21(27,20(23)26)11-18(24)15-8-6-12-4-2-3-5-14(12)19(15)25/h2-5,7,9-10,15,27H,6,8,11H2,1H3/t15-,21+/m0/s1. The Bertz CT molecular complexity index is 986. The van der Waals surface area contributed by atoms with E-state index in [1.165, 1.54) is 11.0 Å². The van der Waals surface area contributed by atoms with Crippen LogP contribution in [0.15, 0.2) is 42.5 Å². The fourth-order valence-electron chi connectivity index (χ4n) is 4.08. The number of carbonyl (C=O) groups is 3. The number of Topliss-reactive ketones (excluding diaryl/α,β-unsaturated/α-hetero) is 2. The van der Waals surface area contributed by atoms with Gasteiger partial charge in [-0.3, -0.25) is 14.4 Å². The number of aliphatic hydroxyl groups is 1. The van der Waals surface area contributed by atoms with E-state index in [9.17, 15) is 19.5 Å². The maximum atomic E-state index is 12.9. The number of hydrogen-bond acceptors (Lipinski definition) is 4. The van der Waals surface area contributed by atoms with Crippen LogP contribution < -0.4 is 4.90 Å². The molecule has 1 aliphatic heterocycles. The van der Waals surface area contributed by atoms with Crippen LogP contribution in [-0.4, -0.2) is 29.6 Å². The lowest BCUT2D eigenvalue weighted by Crippen LogP contribution is -2.42. The second kappa shape index (κ2) is 6.29. The van der Waals surface area contributed by atoms with Crippen LogP contribution in [0.5, 0.6) is 0 Å². The van der Waals surface area contributed by atoms with Crippen LogP contribution in [-0.2, 0) is 21.6 Å². The van der Waals surface area contributed by atoms with Crippen LogP contribution in [0, 0.1) is 5.92 Å². The molecular weight excluding hydrogens is 366 g/mol. The molecule has 138 valence electrons. The Morgan fingerprint density at radius 3 is 2.78 bits per heavy atom. The van der Waals surface area contributed by atoms with E-state index in [2.05, 4.69) is 0 Å². The topological polar surface area (TPSA) is 74.7 Å². The van der Waals surface area contributed by atoms with Crippen LogP contribution in [0.25, 0.3) is 0 Å².